The van der Waals surface area contributed by atoms with Crippen molar-refractivity contribution >= 4 is 15.9 Å². The Bertz CT molecular complexity index is 320. The molecule has 0 bridgehead atoms. The molecular formula is C11H13BrFN. The van der Waals surface area contributed by atoms with Crippen molar-refractivity contribution in [2.24, 2.45) is 5.73 Å². The lowest BCUT2D eigenvalue weighted by atomic mass is 9.94. The van der Waals surface area contributed by atoms with Crippen LogP contribution in [0.1, 0.15) is 30.7 Å². The monoisotopic (exact) mass is 257 g/mol. The fourth-order valence-electron chi connectivity index (χ4n) is 2.21. The maximum Gasteiger partial charge on any atom is 0.127 e. The zero-order valence-corrected chi connectivity index (χ0v) is 9.43. The van der Waals surface area contributed by atoms with Gasteiger partial charge in [-0.15, -0.1) is 0 Å². The highest BCUT2D eigenvalue weighted by atomic mass is 79.9. The Kier molecular flexibility index (Phi) is 2.88. The van der Waals surface area contributed by atoms with E-state index < -0.39 is 0 Å². The van der Waals surface area contributed by atoms with Crippen LogP contribution in [0.2, 0.25) is 0 Å². The Morgan fingerprint density at radius 3 is 2.71 bits per heavy atom. The van der Waals surface area contributed by atoms with Crippen LogP contribution in [-0.2, 0) is 0 Å². The topological polar surface area (TPSA) is 26.0 Å². The van der Waals surface area contributed by atoms with Crippen LogP contribution in [-0.4, -0.2) is 6.04 Å². The number of rotatable bonds is 1. The van der Waals surface area contributed by atoms with E-state index in [0.717, 1.165) is 29.3 Å². The van der Waals surface area contributed by atoms with E-state index in [1.807, 2.05) is 6.07 Å². The Labute approximate surface area is 91.6 Å². The largest absolute Gasteiger partial charge is 0.327 e. The van der Waals surface area contributed by atoms with Gasteiger partial charge in [-0.1, -0.05) is 28.4 Å². The number of hydrogen-bond donors (Lipinski definition) is 1. The SMILES string of the molecule is NC1CCCC1c1c(F)cccc1Br. The lowest BCUT2D eigenvalue weighted by Crippen LogP contribution is -2.23. The van der Waals surface area contributed by atoms with Gasteiger partial charge >= 0.3 is 0 Å². The Balaban J connectivity index is 2.39. The third-order valence-corrected chi connectivity index (χ3v) is 3.63. The summed E-state index contributed by atoms with van der Waals surface area (Å²) in [6.45, 7) is 0. The molecule has 1 saturated carbocycles. The molecule has 1 aliphatic carbocycles. The molecule has 14 heavy (non-hydrogen) atoms. The molecule has 2 unspecified atom stereocenters. The molecule has 1 aliphatic rings. The van der Waals surface area contributed by atoms with Gasteiger partial charge in [0.1, 0.15) is 5.82 Å². The molecule has 1 nitrogen and oxygen atoms in total. The van der Waals surface area contributed by atoms with Crippen LogP contribution in [0, 0.1) is 5.82 Å². The van der Waals surface area contributed by atoms with Crippen LogP contribution in [0.5, 0.6) is 0 Å². The molecule has 1 fully saturated rings. The minimum atomic E-state index is -0.137. The van der Waals surface area contributed by atoms with E-state index in [1.165, 1.54) is 6.07 Å². The van der Waals surface area contributed by atoms with E-state index >= 15 is 0 Å². The first kappa shape index (κ1) is 10.1. The average molecular weight is 258 g/mol. The molecule has 0 heterocycles. The van der Waals surface area contributed by atoms with Crippen LogP contribution in [0.25, 0.3) is 0 Å². The van der Waals surface area contributed by atoms with Gasteiger partial charge in [0.25, 0.3) is 0 Å². The van der Waals surface area contributed by atoms with Crippen LogP contribution in [0.4, 0.5) is 4.39 Å². The molecular weight excluding hydrogens is 245 g/mol. The minimum absolute atomic E-state index is 0.114. The van der Waals surface area contributed by atoms with Crippen molar-refractivity contribution in [3.05, 3.63) is 34.1 Å². The van der Waals surface area contributed by atoms with Gasteiger partial charge < -0.3 is 5.73 Å². The molecule has 2 N–H and O–H groups in total. The van der Waals surface area contributed by atoms with Crippen LogP contribution in [0.3, 0.4) is 0 Å². The maximum absolute atomic E-state index is 13.6. The average Bonchev–Trinajstić information content (AvgIpc) is 2.52. The van der Waals surface area contributed by atoms with Gasteiger partial charge in [-0.25, -0.2) is 4.39 Å². The van der Waals surface area contributed by atoms with Crippen molar-refractivity contribution in [2.75, 3.05) is 0 Å². The van der Waals surface area contributed by atoms with E-state index in [9.17, 15) is 4.39 Å². The Morgan fingerprint density at radius 2 is 2.14 bits per heavy atom. The second-order valence-electron chi connectivity index (χ2n) is 3.84. The maximum atomic E-state index is 13.6. The highest BCUT2D eigenvalue weighted by Crippen LogP contribution is 2.38. The van der Waals surface area contributed by atoms with Crippen molar-refractivity contribution in [2.45, 2.75) is 31.2 Å². The third-order valence-electron chi connectivity index (χ3n) is 2.94. The lowest BCUT2D eigenvalue weighted by molar-refractivity contribution is 0.547. The van der Waals surface area contributed by atoms with Crippen LogP contribution >= 0.6 is 15.9 Å². The predicted molar refractivity (Wildman–Crippen MR) is 58.7 cm³/mol. The summed E-state index contributed by atoms with van der Waals surface area (Å²) in [4.78, 5) is 0. The van der Waals surface area contributed by atoms with Gasteiger partial charge in [0.05, 0.1) is 0 Å². The lowest BCUT2D eigenvalue weighted by Gasteiger charge is -2.17. The van der Waals surface area contributed by atoms with Gasteiger partial charge in [0, 0.05) is 22.0 Å². The summed E-state index contributed by atoms with van der Waals surface area (Å²) in [6.07, 6.45) is 3.11. The standard InChI is InChI=1S/C11H13BrFN/c12-8-4-2-5-9(13)11(8)7-3-1-6-10(7)14/h2,4-5,7,10H,1,3,6,14H2. The molecule has 3 heteroatoms. The summed E-state index contributed by atoms with van der Waals surface area (Å²) in [5, 5.41) is 0. The number of hydrogen-bond acceptors (Lipinski definition) is 1. The van der Waals surface area contributed by atoms with Crippen molar-refractivity contribution < 1.29 is 4.39 Å². The quantitative estimate of drug-likeness (QED) is 0.822. The molecule has 0 spiro atoms. The van der Waals surface area contributed by atoms with Crippen molar-refractivity contribution in [3.63, 3.8) is 0 Å². The minimum Gasteiger partial charge on any atom is -0.327 e. The first-order valence-corrected chi connectivity index (χ1v) is 5.69. The van der Waals surface area contributed by atoms with Crippen molar-refractivity contribution in [1.29, 1.82) is 0 Å². The summed E-state index contributed by atoms with van der Waals surface area (Å²) in [5.41, 5.74) is 6.72. The zero-order chi connectivity index (χ0) is 10.1. The first-order chi connectivity index (χ1) is 6.70. The van der Waals surface area contributed by atoms with Crippen LogP contribution < -0.4 is 5.73 Å². The second kappa shape index (κ2) is 3.99. The van der Waals surface area contributed by atoms with Crippen LogP contribution in [0.15, 0.2) is 22.7 Å². The molecule has 76 valence electrons. The molecule has 1 aromatic carbocycles. The van der Waals surface area contributed by atoms with Gasteiger partial charge in [0.2, 0.25) is 0 Å². The van der Waals surface area contributed by atoms with Crippen molar-refractivity contribution in [3.8, 4) is 0 Å². The van der Waals surface area contributed by atoms with E-state index in [1.54, 1.807) is 6.07 Å². The highest BCUT2D eigenvalue weighted by Gasteiger charge is 2.28. The normalized spacial score (nSPS) is 26.8. The molecule has 0 aromatic heterocycles. The zero-order valence-electron chi connectivity index (χ0n) is 7.84. The fraction of sp³-hybridized carbons (Fsp3) is 0.455. The van der Waals surface area contributed by atoms with Crippen molar-refractivity contribution in [1.82, 2.24) is 0 Å². The molecule has 2 rings (SSSR count). The Morgan fingerprint density at radius 1 is 1.36 bits per heavy atom. The van der Waals surface area contributed by atoms with E-state index in [4.69, 9.17) is 5.73 Å². The molecule has 0 aliphatic heterocycles. The molecule has 0 amide bonds. The molecule has 2 atom stereocenters. The van der Waals surface area contributed by atoms with E-state index in [0.29, 0.717) is 0 Å². The smallest absolute Gasteiger partial charge is 0.127 e. The Hall–Kier alpha value is -0.410. The molecule has 0 radical (unpaired) electrons. The van der Waals surface area contributed by atoms with Gasteiger partial charge in [-0.3, -0.25) is 0 Å². The number of halogens is 2. The predicted octanol–water partition coefficient (Wildman–Crippen LogP) is 3.18. The van der Waals surface area contributed by atoms with Gasteiger partial charge in [-0.05, 0) is 25.0 Å². The van der Waals surface area contributed by atoms with E-state index in [-0.39, 0.29) is 17.8 Å². The molecule has 1 aromatic rings. The summed E-state index contributed by atoms with van der Waals surface area (Å²) in [7, 11) is 0. The first-order valence-electron chi connectivity index (χ1n) is 4.89. The van der Waals surface area contributed by atoms with Gasteiger partial charge in [0.15, 0.2) is 0 Å². The number of nitrogens with two attached hydrogens (primary N) is 1. The summed E-state index contributed by atoms with van der Waals surface area (Å²) in [5.74, 6) is 0.0484. The second-order valence-corrected chi connectivity index (χ2v) is 4.69. The third kappa shape index (κ3) is 1.71. The summed E-state index contributed by atoms with van der Waals surface area (Å²) >= 11 is 3.39. The fourth-order valence-corrected chi connectivity index (χ4v) is 2.85. The van der Waals surface area contributed by atoms with Gasteiger partial charge in [-0.2, -0.15) is 0 Å². The van der Waals surface area contributed by atoms with E-state index in [2.05, 4.69) is 15.9 Å². The number of benzene rings is 1. The molecule has 0 saturated heterocycles. The highest BCUT2D eigenvalue weighted by molar-refractivity contribution is 9.10. The summed E-state index contributed by atoms with van der Waals surface area (Å²) < 4.78 is 14.4. The summed E-state index contributed by atoms with van der Waals surface area (Å²) in [6, 6.07) is 5.21.